The Balaban J connectivity index is 2.30. The fourth-order valence-electron chi connectivity index (χ4n) is 2.34. The monoisotopic (exact) mass is 360 g/mol. The van der Waals surface area contributed by atoms with Crippen molar-refractivity contribution < 1.29 is 13.2 Å². The Bertz CT molecular complexity index is 897. The minimum Gasteiger partial charge on any atom is -0.347 e. The molecule has 0 saturated heterocycles. The zero-order valence-corrected chi connectivity index (χ0v) is 16.0. The molecule has 25 heavy (non-hydrogen) atoms. The Morgan fingerprint density at radius 2 is 1.68 bits per heavy atom. The lowest BCUT2D eigenvalue weighted by Crippen LogP contribution is -2.40. The number of aryl methyl sites for hydroxylation is 2. The summed E-state index contributed by atoms with van der Waals surface area (Å²) in [7, 11) is -3.73. The van der Waals surface area contributed by atoms with Crippen LogP contribution >= 0.6 is 0 Å². The largest absolute Gasteiger partial charge is 0.347 e. The average Bonchev–Trinajstić information content (AvgIpc) is 2.47. The van der Waals surface area contributed by atoms with E-state index >= 15 is 0 Å². The van der Waals surface area contributed by atoms with Crippen molar-refractivity contribution in [3.05, 3.63) is 59.2 Å². The first-order chi connectivity index (χ1) is 11.5. The lowest BCUT2D eigenvalue weighted by molar-refractivity contribution is 0.0919. The number of benzene rings is 2. The van der Waals surface area contributed by atoms with Crippen molar-refractivity contribution in [2.75, 3.05) is 4.72 Å². The van der Waals surface area contributed by atoms with Crippen LogP contribution in [0.3, 0.4) is 0 Å². The number of carbonyl (C=O) groups excluding carboxylic acids is 1. The predicted molar refractivity (Wildman–Crippen MR) is 100 cm³/mol. The predicted octanol–water partition coefficient (Wildman–Crippen LogP) is 3.63. The van der Waals surface area contributed by atoms with E-state index in [-0.39, 0.29) is 16.3 Å². The highest BCUT2D eigenvalue weighted by molar-refractivity contribution is 7.92. The van der Waals surface area contributed by atoms with E-state index in [1.807, 2.05) is 33.8 Å². The molecule has 2 N–H and O–H groups in total. The van der Waals surface area contributed by atoms with Crippen LogP contribution in [0.4, 0.5) is 5.69 Å². The van der Waals surface area contributed by atoms with Gasteiger partial charge in [-0.25, -0.2) is 8.42 Å². The molecular weight excluding hydrogens is 336 g/mol. The van der Waals surface area contributed by atoms with Crippen LogP contribution in [0.15, 0.2) is 47.4 Å². The number of nitrogens with one attached hydrogen (secondary N) is 2. The summed E-state index contributed by atoms with van der Waals surface area (Å²) in [6.07, 6.45) is 0. The molecule has 0 fully saturated rings. The van der Waals surface area contributed by atoms with Gasteiger partial charge in [0.05, 0.1) is 4.90 Å². The molecule has 2 rings (SSSR count). The van der Waals surface area contributed by atoms with Gasteiger partial charge in [0.15, 0.2) is 0 Å². The zero-order chi connectivity index (χ0) is 18.8. The molecule has 0 aliphatic rings. The van der Waals surface area contributed by atoms with E-state index < -0.39 is 10.0 Å². The molecule has 5 nitrogen and oxygen atoms in total. The third-order valence-corrected chi connectivity index (χ3v) is 5.02. The summed E-state index contributed by atoms with van der Waals surface area (Å²) in [6, 6.07) is 11.7. The average molecular weight is 360 g/mol. The summed E-state index contributed by atoms with van der Waals surface area (Å²) in [4.78, 5) is 12.5. The first-order valence-corrected chi connectivity index (χ1v) is 9.49. The van der Waals surface area contributed by atoms with E-state index in [1.165, 1.54) is 6.07 Å². The smallest absolute Gasteiger partial charge is 0.262 e. The number of sulfonamides is 1. The second-order valence-electron chi connectivity index (χ2n) is 7.16. The summed E-state index contributed by atoms with van der Waals surface area (Å²) < 4.78 is 27.9. The van der Waals surface area contributed by atoms with E-state index in [4.69, 9.17) is 0 Å². The highest BCUT2D eigenvalue weighted by Gasteiger charge is 2.19. The fraction of sp³-hybridized carbons (Fsp3) is 0.316. The van der Waals surface area contributed by atoms with Gasteiger partial charge in [0.1, 0.15) is 0 Å². The van der Waals surface area contributed by atoms with Crippen molar-refractivity contribution in [1.29, 1.82) is 0 Å². The van der Waals surface area contributed by atoms with Gasteiger partial charge >= 0.3 is 0 Å². The van der Waals surface area contributed by atoms with Crippen LogP contribution in [0, 0.1) is 13.8 Å². The standard InChI is InChI=1S/C19H24N2O3S/c1-13-9-10-14(2)17(11-13)25(23,24)21-16-8-6-7-15(12-16)18(22)20-19(3,4)5/h6-12,21H,1-5H3,(H,20,22). The van der Waals surface area contributed by atoms with Crippen LogP contribution in [-0.2, 0) is 10.0 Å². The van der Waals surface area contributed by atoms with Crippen molar-refractivity contribution in [1.82, 2.24) is 5.32 Å². The van der Waals surface area contributed by atoms with Crippen molar-refractivity contribution in [3.8, 4) is 0 Å². The second-order valence-corrected chi connectivity index (χ2v) is 8.81. The maximum atomic E-state index is 12.7. The highest BCUT2D eigenvalue weighted by atomic mass is 32.2. The number of carbonyl (C=O) groups is 1. The third-order valence-electron chi connectivity index (χ3n) is 3.50. The lowest BCUT2D eigenvalue weighted by atomic mass is 10.1. The van der Waals surface area contributed by atoms with Gasteiger partial charge in [0.25, 0.3) is 15.9 Å². The SMILES string of the molecule is Cc1ccc(C)c(S(=O)(=O)Nc2cccc(C(=O)NC(C)(C)C)c2)c1. The Morgan fingerprint density at radius 1 is 1.00 bits per heavy atom. The first-order valence-electron chi connectivity index (χ1n) is 8.01. The molecule has 2 aromatic rings. The molecule has 0 unspecified atom stereocenters. The molecule has 0 spiro atoms. The Hall–Kier alpha value is -2.34. The molecule has 1 amide bonds. The van der Waals surface area contributed by atoms with Gasteiger partial charge in [-0.15, -0.1) is 0 Å². The molecule has 0 bridgehead atoms. The summed E-state index contributed by atoms with van der Waals surface area (Å²) in [5.74, 6) is -0.250. The molecule has 0 saturated carbocycles. The Morgan fingerprint density at radius 3 is 2.32 bits per heavy atom. The van der Waals surface area contributed by atoms with E-state index in [2.05, 4.69) is 10.0 Å². The van der Waals surface area contributed by atoms with Crippen molar-refractivity contribution in [2.24, 2.45) is 0 Å². The van der Waals surface area contributed by atoms with Gasteiger partial charge < -0.3 is 5.32 Å². The van der Waals surface area contributed by atoms with Crippen LogP contribution in [0.5, 0.6) is 0 Å². The number of rotatable bonds is 4. The molecule has 2 aromatic carbocycles. The summed E-state index contributed by atoms with van der Waals surface area (Å²) in [5.41, 5.74) is 1.91. The van der Waals surface area contributed by atoms with Crippen LogP contribution < -0.4 is 10.0 Å². The summed E-state index contributed by atoms with van der Waals surface area (Å²) >= 11 is 0. The highest BCUT2D eigenvalue weighted by Crippen LogP contribution is 2.21. The molecule has 0 aromatic heterocycles. The van der Waals surface area contributed by atoms with Gasteiger partial charge in [-0.2, -0.15) is 0 Å². The van der Waals surface area contributed by atoms with Crippen LogP contribution in [0.25, 0.3) is 0 Å². The number of anilines is 1. The lowest BCUT2D eigenvalue weighted by Gasteiger charge is -2.20. The molecule has 0 aliphatic heterocycles. The molecule has 0 atom stereocenters. The minimum absolute atomic E-state index is 0.233. The van der Waals surface area contributed by atoms with Crippen molar-refractivity contribution >= 4 is 21.6 Å². The molecule has 6 heteroatoms. The topological polar surface area (TPSA) is 75.3 Å². The van der Waals surface area contributed by atoms with Gasteiger partial charge in [-0.3, -0.25) is 9.52 Å². The van der Waals surface area contributed by atoms with E-state index in [0.717, 1.165) is 5.56 Å². The van der Waals surface area contributed by atoms with Gasteiger partial charge in [0.2, 0.25) is 0 Å². The number of hydrogen-bond donors (Lipinski definition) is 2. The molecule has 0 aliphatic carbocycles. The second kappa shape index (κ2) is 6.88. The van der Waals surface area contributed by atoms with Gasteiger partial charge in [0, 0.05) is 16.8 Å². The van der Waals surface area contributed by atoms with Crippen molar-refractivity contribution in [2.45, 2.75) is 45.1 Å². The minimum atomic E-state index is -3.73. The normalized spacial score (nSPS) is 11.9. The quantitative estimate of drug-likeness (QED) is 0.874. The molecule has 0 radical (unpaired) electrons. The molecule has 0 heterocycles. The van der Waals surface area contributed by atoms with Crippen molar-refractivity contribution in [3.63, 3.8) is 0 Å². The molecule has 134 valence electrons. The van der Waals surface area contributed by atoms with Crippen LogP contribution in [-0.4, -0.2) is 19.9 Å². The van der Waals surface area contributed by atoms with E-state index in [1.54, 1.807) is 37.3 Å². The van der Waals surface area contributed by atoms with E-state index in [9.17, 15) is 13.2 Å². The van der Waals surface area contributed by atoms with Gasteiger partial charge in [-0.05, 0) is 70.0 Å². The third kappa shape index (κ3) is 5.06. The summed E-state index contributed by atoms with van der Waals surface area (Å²) in [6.45, 7) is 9.26. The number of hydrogen-bond acceptors (Lipinski definition) is 3. The maximum absolute atomic E-state index is 12.7. The van der Waals surface area contributed by atoms with Crippen LogP contribution in [0.1, 0.15) is 42.3 Å². The maximum Gasteiger partial charge on any atom is 0.262 e. The number of amides is 1. The molecular formula is C19H24N2O3S. The Kier molecular flexibility index (Phi) is 5.23. The van der Waals surface area contributed by atoms with E-state index in [0.29, 0.717) is 16.8 Å². The first kappa shape index (κ1) is 19.0. The summed E-state index contributed by atoms with van der Waals surface area (Å²) in [5, 5.41) is 2.86. The van der Waals surface area contributed by atoms with Gasteiger partial charge in [-0.1, -0.05) is 18.2 Å². The Labute approximate surface area is 149 Å². The van der Waals surface area contributed by atoms with Crippen LogP contribution in [0.2, 0.25) is 0 Å². The fourth-order valence-corrected chi connectivity index (χ4v) is 3.72. The zero-order valence-electron chi connectivity index (χ0n) is 15.2.